The lowest BCUT2D eigenvalue weighted by Gasteiger charge is -2.16. The first-order valence-corrected chi connectivity index (χ1v) is 4.63. The van der Waals surface area contributed by atoms with Crippen LogP contribution in [0.5, 0.6) is 0 Å². The van der Waals surface area contributed by atoms with E-state index >= 15 is 0 Å². The van der Waals surface area contributed by atoms with Crippen molar-refractivity contribution < 1.29 is 19.7 Å². The molecule has 6 heteroatoms. The third-order valence-electron chi connectivity index (χ3n) is 1.72. The highest BCUT2D eigenvalue weighted by molar-refractivity contribution is 9.10. The lowest BCUT2D eigenvalue weighted by molar-refractivity contribution is -0.0169. The first-order valence-electron chi connectivity index (χ1n) is 3.84. The highest BCUT2D eigenvalue weighted by Gasteiger charge is 2.21. The van der Waals surface area contributed by atoms with Gasteiger partial charge in [0.2, 0.25) is 0 Å². The second-order valence-electron chi connectivity index (χ2n) is 2.72. The Hall–Kier alpha value is -0.560. The molecule has 0 radical (unpaired) electrons. The van der Waals surface area contributed by atoms with Crippen molar-refractivity contribution in [2.24, 2.45) is 0 Å². The molecule has 0 amide bonds. The Balaban J connectivity index is 2.99. The first kappa shape index (κ1) is 11.5. The second kappa shape index (κ2) is 4.79. The summed E-state index contributed by atoms with van der Waals surface area (Å²) in [4.78, 5) is 3.59. The number of halogens is 2. The maximum Gasteiger partial charge on any atom is 0.147 e. The summed E-state index contributed by atoms with van der Waals surface area (Å²) in [7, 11) is 0. The van der Waals surface area contributed by atoms with Crippen LogP contribution in [0.15, 0.2) is 16.9 Å². The molecule has 0 aliphatic carbocycles. The zero-order valence-corrected chi connectivity index (χ0v) is 8.65. The van der Waals surface area contributed by atoms with Crippen molar-refractivity contribution in [2.45, 2.75) is 12.2 Å². The number of aliphatic hydroxyl groups excluding tert-OH is 3. The SMILES string of the molecule is OCC(O)C(O)c1cc(Br)ncc1F. The van der Waals surface area contributed by atoms with Crippen molar-refractivity contribution in [2.75, 3.05) is 6.61 Å². The van der Waals surface area contributed by atoms with E-state index in [-0.39, 0.29) is 5.56 Å². The predicted octanol–water partition coefficient (Wildman–Crippen LogP) is 0.370. The Morgan fingerprint density at radius 2 is 2.14 bits per heavy atom. The monoisotopic (exact) mass is 265 g/mol. The molecule has 0 aromatic carbocycles. The molecule has 0 aliphatic heterocycles. The minimum absolute atomic E-state index is 0.103. The maximum atomic E-state index is 13.1. The van der Waals surface area contributed by atoms with Crippen LogP contribution in [0.4, 0.5) is 4.39 Å². The van der Waals surface area contributed by atoms with Gasteiger partial charge in [-0.2, -0.15) is 0 Å². The van der Waals surface area contributed by atoms with E-state index in [0.717, 1.165) is 6.20 Å². The lowest BCUT2D eigenvalue weighted by Crippen LogP contribution is -2.23. The van der Waals surface area contributed by atoms with Crippen molar-refractivity contribution in [3.8, 4) is 0 Å². The number of nitrogens with zero attached hydrogens (tertiary/aromatic N) is 1. The van der Waals surface area contributed by atoms with E-state index in [1.807, 2.05) is 0 Å². The van der Waals surface area contributed by atoms with Gasteiger partial charge in [0, 0.05) is 5.56 Å². The average Bonchev–Trinajstić information content (AvgIpc) is 2.19. The molecular formula is C8H9BrFNO3. The minimum atomic E-state index is -1.46. The Labute approximate surface area is 88.2 Å². The van der Waals surface area contributed by atoms with Crippen LogP contribution in [0, 0.1) is 5.82 Å². The third kappa shape index (κ3) is 2.48. The number of aliphatic hydroxyl groups is 3. The van der Waals surface area contributed by atoms with E-state index < -0.39 is 24.6 Å². The zero-order chi connectivity index (χ0) is 10.7. The topological polar surface area (TPSA) is 73.6 Å². The quantitative estimate of drug-likeness (QED) is 0.691. The van der Waals surface area contributed by atoms with Gasteiger partial charge in [-0.05, 0) is 22.0 Å². The van der Waals surface area contributed by atoms with Crippen LogP contribution in [0.2, 0.25) is 0 Å². The van der Waals surface area contributed by atoms with Gasteiger partial charge in [-0.3, -0.25) is 0 Å². The summed E-state index contributed by atoms with van der Waals surface area (Å²) in [6.45, 7) is -0.638. The Bertz CT molecular complexity index is 323. The van der Waals surface area contributed by atoms with E-state index in [1.54, 1.807) is 0 Å². The number of rotatable bonds is 3. The fourth-order valence-electron chi connectivity index (χ4n) is 0.961. The van der Waals surface area contributed by atoms with Gasteiger partial charge in [0.1, 0.15) is 22.6 Å². The Morgan fingerprint density at radius 1 is 1.50 bits per heavy atom. The van der Waals surface area contributed by atoms with E-state index in [0.29, 0.717) is 4.60 Å². The van der Waals surface area contributed by atoms with Gasteiger partial charge in [-0.15, -0.1) is 0 Å². The molecule has 4 nitrogen and oxygen atoms in total. The van der Waals surface area contributed by atoms with Crippen molar-refractivity contribution >= 4 is 15.9 Å². The van der Waals surface area contributed by atoms with Gasteiger partial charge in [0.05, 0.1) is 12.8 Å². The van der Waals surface area contributed by atoms with Crippen LogP contribution in [0.1, 0.15) is 11.7 Å². The fourth-order valence-corrected chi connectivity index (χ4v) is 1.31. The van der Waals surface area contributed by atoms with Crippen LogP contribution in [0.3, 0.4) is 0 Å². The van der Waals surface area contributed by atoms with Crippen LogP contribution >= 0.6 is 15.9 Å². The Kier molecular flexibility index (Phi) is 3.94. The molecule has 1 heterocycles. The average molecular weight is 266 g/mol. The number of hydrogen-bond acceptors (Lipinski definition) is 4. The van der Waals surface area contributed by atoms with Gasteiger partial charge < -0.3 is 15.3 Å². The molecule has 0 saturated heterocycles. The summed E-state index contributed by atoms with van der Waals surface area (Å²) in [6, 6.07) is 1.25. The van der Waals surface area contributed by atoms with Crippen molar-refractivity contribution in [1.29, 1.82) is 0 Å². The van der Waals surface area contributed by atoms with Gasteiger partial charge in [0.25, 0.3) is 0 Å². The summed E-state index contributed by atoms with van der Waals surface area (Å²) >= 11 is 3.00. The molecule has 2 atom stereocenters. The summed E-state index contributed by atoms with van der Waals surface area (Å²) in [5.41, 5.74) is -0.103. The van der Waals surface area contributed by atoms with Gasteiger partial charge in [0.15, 0.2) is 0 Å². The fraction of sp³-hybridized carbons (Fsp3) is 0.375. The standard InChI is InChI=1S/C8H9BrFNO3/c9-7-1-4(5(10)2-11-7)8(14)6(13)3-12/h1-2,6,8,12-14H,3H2. The highest BCUT2D eigenvalue weighted by atomic mass is 79.9. The van der Waals surface area contributed by atoms with Crippen LogP contribution < -0.4 is 0 Å². The molecule has 3 N–H and O–H groups in total. The highest BCUT2D eigenvalue weighted by Crippen LogP contribution is 2.22. The third-order valence-corrected chi connectivity index (χ3v) is 2.16. The summed E-state index contributed by atoms with van der Waals surface area (Å²) in [6.07, 6.45) is -1.94. The molecule has 2 unspecified atom stereocenters. The van der Waals surface area contributed by atoms with Crippen molar-refractivity contribution in [1.82, 2.24) is 4.98 Å². The van der Waals surface area contributed by atoms with Gasteiger partial charge >= 0.3 is 0 Å². The molecule has 1 aromatic heterocycles. The molecule has 0 spiro atoms. The molecule has 14 heavy (non-hydrogen) atoms. The van der Waals surface area contributed by atoms with E-state index in [4.69, 9.17) is 10.2 Å². The number of pyridine rings is 1. The van der Waals surface area contributed by atoms with Gasteiger partial charge in [-0.25, -0.2) is 9.37 Å². The normalized spacial score (nSPS) is 15.2. The Morgan fingerprint density at radius 3 is 2.71 bits per heavy atom. The lowest BCUT2D eigenvalue weighted by atomic mass is 10.1. The number of aromatic nitrogens is 1. The molecule has 1 rings (SSSR count). The van der Waals surface area contributed by atoms with E-state index in [1.165, 1.54) is 6.07 Å². The summed E-state index contributed by atoms with van der Waals surface area (Å²) in [5, 5.41) is 27.1. The van der Waals surface area contributed by atoms with Crippen LogP contribution in [0.25, 0.3) is 0 Å². The smallest absolute Gasteiger partial charge is 0.147 e. The van der Waals surface area contributed by atoms with Gasteiger partial charge in [-0.1, -0.05) is 0 Å². The van der Waals surface area contributed by atoms with Crippen LogP contribution in [-0.4, -0.2) is 33.0 Å². The van der Waals surface area contributed by atoms with Crippen LogP contribution in [-0.2, 0) is 0 Å². The van der Waals surface area contributed by atoms with E-state index in [9.17, 15) is 9.50 Å². The molecular weight excluding hydrogens is 257 g/mol. The second-order valence-corrected chi connectivity index (χ2v) is 3.54. The van der Waals surface area contributed by atoms with Crippen molar-refractivity contribution in [3.05, 3.63) is 28.2 Å². The molecule has 0 fully saturated rings. The summed E-state index contributed by atoms with van der Waals surface area (Å²) in [5.74, 6) is -0.729. The zero-order valence-electron chi connectivity index (χ0n) is 7.06. The largest absolute Gasteiger partial charge is 0.394 e. The minimum Gasteiger partial charge on any atom is -0.394 e. The molecule has 0 bridgehead atoms. The molecule has 0 saturated carbocycles. The predicted molar refractivity (Wildman–Crippen MR) is 49.9 cm³/mol. The van der Waals surface area contributed by atoms with E-state index in [2.05, 4.69) is 20.9 Å². The molecule has 78 valence electrons. The number of hydrogen-bond donors (Lipinski definition) is 3. The maximum absolute atomic E-state index is 13.1. The summed E-state index contributed by atoms with van der Waals surface area (Å²) < 4.78 is 13.4. The molecule has 0 aliphatic rings. The first-order chi connectivity index (χ1) is 6.56. The molecule has 1 aromatic rings. The van der Waals surface area contributed by atoms with Crippen molar-refractivity contribution in [3.63, 3.8) is 0 Å².